The summed E-state index contributed by atoms with van der Waals surface area (Å²) in [7, 11) is 1.71. The highest BCUT2D eigenvalue weighted by Gasteiger charge is 2.18. The molecule has 0 amide bonds. The third-order valence-electron chi connectivity index (χ3n) is 3.11. The second-order valence-electron chi connectivity index (χ2n) is 4.52. The lowest BCUT2D eigenvalue weighted by Gasteiger charge is -2.35. The summed E-state index contributed by atoms with van der Waals surface area (Å²) < 4.78 is 5.00. The number of guanidine groups is 1. The van der Waals surface area contributed by atoms with Gasteiger partial charge in [0.05, 0.1) is 0 Å². The molecule has 0 bridgehead atoms. The Balaban J connectivity index is 2.33. The minimum Gasteiger partial charge on any atom is -0.385 e. The predicted octanol–water partition coefficient (Wildman–Crippen LogP) is -0.130. The van der Waals surface area contributed by atoms with Crippen LogP contribution in [-0.4, -0.2) is 68.7 Å². The van der Waals surface area contributed by atoms with E-state index in [1.54, 1.807) is 7.11 Å². The molecule has 0 aromatic heterocycles. The molecular formula is C12H27N5O. The van der Waals surface area contributed by atoms with E-state index in [0.717, 1.165) is 51.7 Å². The van der Waals surface area contributed by atoms with Gasteiger partial charge in [-0.25, -0.2) is 5.84 Å². The van der Waals surface area contributed by atoms with Gasteiger partial charge in [-0.1, -0.05) is 6.92 Å². The zero-order valence-electron chi connectivity index (χ0n) is 11.7. The monoisotopic (exact) mass is 257 g/mol. The average molecular weight is 257 g/mol. The van der Waals surface area contributed by atoms with Gasteiger partial charge in [-0.05, 0) is 19.4 Å². The first-order valence-electron chi connectivity index (χ1n) is 6.79. The number of ether oxygens (including phenoxy) is 1. The number of nitrogens with zero attached hydrogens (tertiary/aromatic N) is 3. The summed E-state index contributed by atoms with van der Waals surface area (Å²) in [4.78, 5) is 9.19. The van der Waals surface area contributed by atoms with Gasteiger partial charge in [-0.3, -0.25) is 15.3 Å². The minimum atomic E-state index is 0.742. The Hall–Kier alpha value is -0.850. The van der Waals surface area contributed by atoms with Crippen molar-refractivity contribution in [2.45, 2.75) is 19.8 Å². The van der Waals surface area contributed by atoms with Crippen LogP contribution in [0.1, 0.15) is 19.8 Å². The summed E-state index contributed by atoms with van der Waals surface area (Å²) in [6.45, 7) is 9.06. The number of nitrogens with one attached hydrogen (secondary N) is 1. The van der Waals surface area contributed by atoms with E-state index < -0.39 is 0 Å². The summed E-state index contributed by atoms with van der Waals surface area (Å²) in [5, 5.41) is 0. The molecule has 0 aromatic rings. The highest BCUT2D eigenvalue weighted by atomic mass is 16.5. The highest BCUT2D eigenvalue weighted by Crippen LogP contribution is 2.02. The van der Waals surface area contributed by atoms with E-state index in [4.69, 9.17) is 10.6 Å². The second kappa shape index (κ2) is 9.13. The van der Waals surface area contributed by atoms with E-state index in [9.17, 15) is 0 Å². The quantitative estimate of drug-likeness (QED) is 0.228. The number of piperazine rings is 1. The van der Waals surface area contributed by atoms with Crippen molar-refractivity contribution in [3.63, 3.8) is 0 Å². The fourth-order valence-corrected chi connectivity index (χ4v) is 2.13. The summed E-state index contributed by atoms with van der Waals surface area (Å²) in [6, 6.07) is 0. The van der Waals surface area contributed by atoms with Crippen LogP contribution in [0.25, 0.3) is 0 Å². The van der Waals surface area contributed by atoms with Crippen molar-refractivity contribution < 1.29 is 4.74 Å². The van der Waals surface area contributed by atoms with Gasteiger partial charge in [0.2, 0.25) is 5.96 Å². The van der Waals surface area contributed by atoms with Crippen LogP contribution in [0.4, 0.5) is 0 Å². The highest BCUT2D eigenvalue weighted by molar-refractivity contribution is 5.79. The Morgan fingerprint density at radius 1 is 1.33 bits per heavy atom. The maximum atomic E-state index is 5.54. The van der Waals surface area contributed by atoms with Gasteiger partial charge in [0, 0.05) is 46.4 Å². The van der Waals surface area contributed by atoms with Gasteiger partial charge >= 0.3 is 0 Å². The van der Waals surface area contributed by atoms with Gasteiger partial charge in [-0.2, -0.15) is 0 Å². The number of nitrogens with two attached hydrogens (primary N) is 1. The van der Waals surface area contributed by atoms with Gasteiger partial charge in [0.25, 0.3) is 0 Å². The molecular weight excluding hydrogens is 230 g/mol. The van der Waals surface area contributed by atoms with Crippen molar-refractivity contribution in [2.75, 3.05) is 53.0 Å². The molecule has 0 radical (unpaired) electrons. The van der Waals surface area contributed by atoms with Gasteiger partial charge in [0.15, 0.2) is 0 Å². The molecule has 0 saturated carbocycles. The lowest BCUT2D eigenvalue weighted by molar-refractivity contribution is 0.178. The van der Waals surface area contributed by atoms with E-state index in [1.807, 2.05) is 0 Å². The standard InChI is InChI=1S/C12H27N5O/c1-3-6-16-7-9-17(10-8-16)12(15-13)14-5-4-11-18-2/h3-11,13H2,1-2H3,(H,14,15). The van der Waals surface area contributed by atoms with Crippen molar-refractivity contribution in [1.29, 1.82) is 0 Å². The van der Waals surface area contributed by atoms with Crippen molar-refractivity contribution in [3.05, 3.63) is 0 Å². The van der Waals surface area contributed by atoms with Crippen LogP contribution in [0.2, 0.25) is 0 Å². The molecule has 0 spiro atoms. The molecule has 1 saturated heterocycles. The van der Waals surface area contributed by atoms with Crippen LogP contribution >= 0.6 is 0 Å². The number of hydrogen-bond donors (Lipinski definition) is 2. The Morgan fingerprint density at radius 3 is 2.61 bits per heavy atom. The van der Waals surface area contributed by atoms with Crippen molar-refractivity contribution >= 4 is 5.96 Å². The van der Waals surface area contributed by atoms with Crippen LogP contribution in [-0.2, 0) is 4.74 Å². The topological polar surface area (TPSA) is 66.1 Å². The Morgan fingerprint density at radius 2 is 2.06 bits per heavy atom. The Bertz CT molecular complexity index is 239. The Kier molecular flexibility index (Phi) is 7.71. The molecule has 6 nitrogen and oxygen atoms in total. The molecule has 0 unspecified atom stereocenters. The van der Waals surface area contributed by atoms with E-state index in [1.165, 1.54) is 13.0 Å². The van der Waals surface area contributed by atoms with Gasteiger partial charge in [-0.15, -0.1) is 0 Å². The zero-order chi connectivity index (χ0) is 13.2. The zero-order valence-corrected chi connectivity index (χ0v) is 11.7. The van der Waals surface area contributed by atoms with E-state index >= 15 is 0 Å². The molecule has 1 fully saturated rings. The molecule has 18 heavy (non-hydrogen) atoms. The van der Waals surface area contributed by atoms with Crippen LogP contribution in [0, 0.1) is 0 Å². The number of hydrogen-bond acceptors (Lipinski definition) is 4. The second-order valence-corrected chi connectivity index (χ2v) is 4.52. The van der Waals surface area contributed by atoms with Crippen molar-refractivity contribution in [2.24, 2.45) is 10.8 Å². The summed E-state index contributed by atoms with van der Waals surface area (Å²) in [5.41, 5.74) is 2.71. The molecule has 0 aromatic carbocycles. The first-order chi connectivity index (χ1) is 8.81. The van der Waals surface area contributed by atoms with Crippen LogP contribution in [0.5, 0.6) is 0 Å². The number of aliphatic imine (C=N–C) groups is 1. The molecule has 0 atom stereocenters. The minimum absolute atomic E-state index is 0.742. The normalized spacial score (nSPS) is 18.2. The van der Waals surface area contributed by atoms with E-state index in [-0.39, 0.29) is 0 Å². The lowest BCUT2D eigenvalue weighted by atomic mass is 10.3. The molecule has 1 rings (SSSR count). The molecule has 106 valence electrons. The number of rotatable bonds is 6. The maximum Gasteiger partial charge on any atom is 0.208 e. The van der Waals surface area contributed by atoms with Gasteiger partial charge in [0.1, 0.15) is 0 Å². The molecule has 1 aliphatic rings. The van der Waals surface area contributed by atoms with Crippen LogP contribution in [0.3, 0.4) is 0 Å². The summed E-state index contributed by atoms with van der Waals surface area (Å²) >= 11 is 0. The smallest absolute Gasteiger partial charge is 0.208 e. The van der Waals surface area contributed by atoms with Crippen LogP contribution < -0.4 is 11.3 Å². The number of hydrazine groups is 1. The molecule has 1 aliphatic heterocycles. The molecule has 1 heterocycles. The Labute approximate surface area is 110 Å². The van der Waals surface area contributed by atoms with Crippen LogP contribution in [0.15, 0.2) is 4.99 Å². The summed E-state index contributed by atoms with van der Waals surface area (Å²) in [6.07, 6.45) is 2.14. The summed E-state index contributed by atoms with van der Waals surface area (Å²) in [5.74, 6) is 6.35. The van der Waals surface area contributed by atoms with Crippen molar-refractivity contribution in [1.82, 2.24) is 15.2 Å². The first kappa shape index (κ1) is 15.2. The number of methoxy groups -OCH3 is 1. The predicted molar refractivity (Wildman–Crippen MR) is 74.4 cm³/mol. The van der Waals surface area contributed by atoms with E-state index in [0.29, 0.717) is 0 Å². The molecule has 0 aliphatic carbocycles. The van der Waals surface area contributed by atoms with E-state index in [2.05, 4.69) is 27.1 Å². The largest absolute Gasteiger partial charge is 0.385 e. The fourth-order valence-electron chi connectivity index (χ4n) is 2.13. The maximum absolute atomic E-state index is 5.54. The third kappa shape index (κ3) is 5.20. The first-order valence-corrected chi connectivity index (χ1v) is 6.79. The third-order valence-corrected chi connectivity index (χ3v) is 3.11. The molecule has 3 N–H and O–H groups in total. The SMILES string of the molecule is CCCN1CCN(C(=NCCCOC)NN)CC1. The van der Waals surface area contributed by atoms with Crippen molar-refractivity contribution in [3.8, 4) is 0 Å². The van der Waals surface area contributed by atoms with Gasteiger partial charge < -0.3 is 9.64 Å². The molecule has 6 heteroatoms. The fraction of sp³-hybridized carbons (Fsp3) is 0.917. The average Bonchev–Trinajstić information content (AvgIpc) is 2.41. The lowest BCUT2D eigenvalue weighted by Crippen LogP contribution is -2.54.